The summed E-state index contributed by atoms with van der Waals surface area (Å²) in [5, 5.41) is 7.80. The van der Waals surface area contributed by atoms with Crippen molar-refractivity contribution in [2.45, 2.75) is 65.0 Å². The van der Waals surface area contributed by atoms with Crippen molar-refractivity contribution in [1.29, 1.82) is 0 Å². The Labute approximate surface area is 202 Å². The van der Waals surface area contributed by atoms with Crippen molar-refractivity contribution < 1.29 is 9.53 Å². The molecule has 0 bridgehead atoms. The number of carbonyl (C=O) groups is 1. The fraction of sp³-hybridized carbons (Fsp3) is 0.762. The van der Waals surface area contributed by atoms with Crippen LogP contribution < -0.4 is 10.6 Å². The van der Waals surface area contributed by atoms with Crippen LogP contribution in [-0.2, 0) is 4.74 Å². The smallest absolute Gasteiger partial charge is 0.350 e. The maximum atomic E-state index is 12.1. The molecule has 3 unspecified atom stereocenters. The molecule has 0 spiro atoms. The van der Waals surface area contributed by atoms with Gasteiger partial charge in [0.15, 0.2) is 5.96 Å². The van der Waals surface area contributed by atoms with Gasteiger partial charge in [0.25, 0.3) is 0 Å². The third kappa shape index (κ3) is 6.78. The number of aliphatic imine (C=N–C) groups is 1. The molecule has 2 N–H and O–H groups in total. The van der Waals surface area contributed by atoms with E-state index in [1.54, 1.807) is 7.05 Å². The predicted molar refractivity (Wildman–Crippen MR) is 135 cm³/mol. The molecule has 1 aromatic heterocycles. The van der Waals surface area contributed by atoms with Gasteiger partial charge in [-0.1, -0.05) is 19.8 Å². The van der Waals surface area contributed by atoms with Crippen LogP contribution in [0.25, 0.3) is 0 Å². The molecule has 0 aromatic carbocycles. The molecule has 0 amide bonds. The van der Waals surface area contributed by atoms with Crippen LogP contribution in [0.5, 0.6) is 0 Å². The summed E-state index contributed by atoms with van der Waals surface area (Å²) in [6.07, 6.45) is 4.96. The summed E-state index contributed by atoms with van der Waals surface area (Å²) in [5.41, 5.74) is 0.857. The van der Waals surface area contributed by atoms with Crippen LogP contribution in [0.3, 0.4) is 0 Å². The van der Waals surface area contributed by atoms with Gasteiger partial charge in [0.1, 0.15) is 9.88 Å². The molecule has 1 saturated carbocycles. The normalized spacial score (nSPS) is 22.9. The van der Waals surface area contributed by atoms with Crippen molar-refractivity contribution in [2.24, 2.45) is 10.9 Å². The minimum atomic E-state index is -0.303. The highest BCUT2D eigenvalue weighted by atomic mass is 127. The standard InChI is InChI=1S/C21H37N5O2S.HI/c1-8-28-19(27)17-15(3)24-18(29-17)16(4)25-20(22-5)23-13-21(26(6)7)11-9-10-14(2)12-21;/h14,16H,8-13H2,1-7H3,(H2,22,23,25);1H. The minimum Gasteiger partial charge on any atom is -0.462 e. The number of nitrogens with one attached hydrogen (secondary N) is 2. The lowest BCUT2D eigenvalue weighted by Crippen LogP contribution is -2.56. The number of rotatable bonds is 7. The number of hydrogen-bond acceptors (Lipinski definition) is 6. The molecule has 1 aliphatic rings. The Morgan fingerprint density at radius 1 is 1.47 bits per heavy atom. The van der Waals surface area contributed by atoms with E-state index < -0.39 is 0 Å². The molecule has 1 aromatic rings. The molecule has 9 heteroatoms. The van der Waals surface area contributed by atoms with Crippen LogP contribution in [0.15, 0.2) is 4.99 Å². The number of aromatic nitrogens is 1. The van der Waals surface area contributed by atoms with Gasteiger partial charge in [0.2, 0.25) is 0 Å². The molecular formula is C21H38IN5O2S. The Bertz CT molecular complexity index is 724. The van der Waals surface area contributed by atoms with Crippen LogP contribution >= 0.6 is 35.3 Å². The van der Waals surface area contributed by atoms with Crippen LogP contribution in [-0.4, -0.2) is 61.6 Å². The summed E-state index contributed by atoms with van der Waals surface area (Å²) in [4.78, 5) is 24.0. The summed E-state index contributed by atoms with van der Waals surface area (Å²) in [6, 6.07) is -0.0614. The van der Waals surface area contributed by atoms with E-state index >= 15 is 0 Å². The SMILES string of the molecule is CCOC(=O)c1sc(C(C)NC(=NC)NCC2(N(C)C)CCCC(C)C2)nc1C.I. The average Bonchev–Trinajstić information content (AvgIpc) is 3.07. The van der Waals surface area contributed by atoms with Crippen LogP contribution in [0.4, 0.5) is 0 Å². The van der Waals surface area contributed by atoms with Gasteiger partial charge in [-0.3, -0.25) is 4.99 Å². The molecule has 2 rings (SSSR count). The second-order valence-electron chi connectivity index (χ2n) is 8.30. The highest BCUT2D eigenvalue weighted by Gasteiger charge is 2.37. The van der Waals surface area contributed by atoms with E-state index in [2.05, 4.69) is 46.5 Å². The maximum Gasteiger partial charge on any atom is 0.350 e. The van der Waals surface area contributed by atoms with Crippen molar-refractivity contribution in [3.8, 4) is 0 Å². The third-order valence-electron chi connectivity index (χ3n) is 5.82. The summed E-state index contributed by atoms with van der Waals surface area (Å²) < 4.78 is 5.12. The van der Waals surface area contributed by atoms with E-state index in [4.69, 9.17) is 4.74 Å². The van der Waals surface area contributed by atoms with Gasteiger partial charge in [-0.2, -0.15) is 0 Å². The summed E-state index contributed by atoms with van der Waals surface area (Å²) in [5.74, 6) is 1.19. The van der Waals surface area contributed by atoms with Crippen molar-refractivity contribution in [3.63, 3.8) is 0 Å². The maximum absolute atomic E-state index is 12.1. The van der Waals surface area contributed by atoms with Gasteiger partial charge in [-0.05, 0) is 53.6 Å². The molecule has 1 aliphatic carbocycles. The number of ether oxygens (including phenoxy) is 1. The number of thiazole rings is 1. The average molecular weight is 552 g/mol. The Morgan fingerprint density at radius 3 is 2.73 bits per heavy atom. The largest absolute Gasteiger partial charge is 0.462 e. The number of hydrogen-bond donors (Lipinski definition) is 2. The molecule has 7 nitrogen and oxygen atoms in total. The first-order chi connectivity index (χ1) is 13.7. The number of esters is 1. The zero-order valence-electron chi connectivity index (χ0n) is 19.4. The fourth-order valence-corrected chi connectivity index (χ4v) is 5.02. The molecule has 3 atom stereocenters. The number of likely N-dealkylation sites (N-methyl/N-ethyl adjacent to an activating group) is 1. The van der Waals surface area contributed by atoms with Crippen molar-refractivity contribution in [2.75, 3.05) is 34.3 Å². The third-order valence-corrected chi connectivity index (χ3v) is 7.14. The lowest BCUT2D eigenvalue weighted by atomic mass is 9.75. The monoisotopic (exact) mass is 551 g/mol. The lowest BCUT2D eigenvalue weighted by Gasteiger charge is -2.45. The lowest BCUT2D eigenvalue weighted by molar-refractivity contribution is 0.0531. The number of nitrogens with zero attached hydrogens (tertiary/aromatic N) is 3. The van der Waals surface area contributed by atoms with Gasteiger partial charge in [-0.25, -0.2) is 9.78 Å². The molecule has 0 aliphatic heterocycles. The van der Waals surface area contributed by atoms with E-state index in [9.17, 15) is 4.79 Å². The quantitative estimate of drug-likeness (QED) is 0.231. The first-order valence-corrected chi connectivity index (χ1v) is 11.3. The Kier molecular flexibility index (Phi) is 11.0. The Hall–Kier alpha value is -0.940. The molecule has 172 valence electrons. The van der Waals surface area contributed by atoms with E-state index in [0.29, 0.717) is 17.2 Å². The van der Waals surface area contributed by atoms with E-state index in [1.807, 2.05) is 20.8 Å². The van der Waals surface area contributed by atoms with Gasteiger partial charge < -0.3 is 20.3 Å². The molecule has 0 radical (unpaired) electrons. The summed E-state index contributed by atoms with van der Waals surface area (Å²) in [6.45, 7) is 9.24. The highest BCUT2D eigenvalue weighted by Crippen LogP contribution is 2.35. The zero-order valence-corrected chi connectivity index (χ0v) is 22.5. The van der Waals surface area contributed by atoms with Gasteiger partial charge in [0.05, 0.1) is 18.3 Å². The number of halogens is 1. The molecule has 30 heavy (non-hydrogen) atoms. The summed E-state index contributed by atoms with van der Waals surface area (Å²) in [7, 11) is 6.13. The van der Waals surface area contributed by atoms with Crippen LogP contribution in [0.1, 0.15) is 72.9 Å². The molecular weight excluding hydrogens is 513 g/mol. The summed E-state index contributed by atoms with van der Waals surface area (Å²) >= 11 is 1.38. The van der Waals surface area contributed by atoms with E-state index in [-0.39, 0.29) is 41.5 Å². The highest BCUT2D eigenvalue weighted by molar-refractivity contribution is 14.0. The van der Waals surface area contributed by atoms with Gasteiger partial charge in [-0.15, -0.1) is 35.3 Å². The van der Waals surface area contributed by atoms with E-state index in [0.717, 1.165) is 23.4 Å². The van der Waals surface area contributed by atoms with Crippen molar-refractivity contribution >= 4 is 47.2 Å². The molecule has 1 heterocycles. The second-order valence-corrected chi connectivity index (χ2v) is 9.33. The Morgan fingerprint density at radius 2 is 2.17 bits per heavy atom. The van der Waals surface area contributed by atoms with Crippen LogP contribution in [0.2, 0.25) is 0 Å². The predicted octanol–water partition coefficient (Wildman–Crippen LogP) is 3.98. The van der Waals surface area contributed by atoms with Gasteiger partial charge >= 0.3 is 5.97 Å². The first-order valence-electron chi connectivity index (χ1n) is 10.5. The molecule has 1 fully saturated rings. The molecule has 0 saturated heterocycles. The van der Waals surface area contributed by atoms with Crippen molar-refractivity contribution in [1.82, 2.24) is 20.5 Å². The second kappa shape index (κ2) is 12.2. The minimum absolute atomic E-state index is 0. The van der Waals surface area contributed by atoms with Crippen LogP contribution in [0, 0.1) is 12.8 Å². The fourth-order valence-electron chi connectivity index (χ4n) is 4.06. The zero-order chi connectivity index (χ0) is 21.6. The number of carbonyl (C=O) groups excluding carboxylic acids is 1. The van der Waals surface area contributed by atoms with E-state index in [1.165, 1.54) is 37.0 Å². The topological polar surface area (TPSA) is 78.8 Å². The number of aryl methyl sites for hydroxylation is 1. The Balaban J connectivity index is 0.00000450. The van der Waals surface area contributed by atoms with Crippen molar-refractivity contribution in [3.05, 3.63) is 15.6 Å². The van der Waals surface area contributed by atoms with Gasteiger partial charge in [0, 0.05) is 19.1 Å². The number of guanidine groups is 1. The first kappa shape index (κ1) is 27.1.